The molecule has 0 aliphatic carbocycles. The fraction of sp³-hybridized carbons (Fsp3) is 0.375. The lowest BCUT2D eigenvalue weighted by Crippen LogP contribution is -2.46. The van der Waals surface area contributed by atoms with Gasteiger partial charge in [0, 0.05) is 43.0 Å². The zero-order chi connectivity index (χ0) is 22.9. The third kappa shape index (κ3) is 4.36. The number of nitrogens with zero attached hydrogens (tertiary/aromatic N) is 3. The molecule has 2 aromatic heterocycles. The van der Waals surface area contributed by atoms with E-state index in [9.17, 15) is 14.0 Å². The van der Waals surface area contributed by atoms with Gasteiger partial charge in [-0.25, -0.2) is 14.9 Å². The number of pyridine rings is 1. The zero-order valence-electron chi connectivity index (χ0n) is 18.2. The molecule has 1 aliphatic heterocycles. The van der Waals surface area contributed by atoms with E-state index in [2.05, 4.69) is 15.6 Å². The summed E-state index contributed by atoms with van der Waals surface area (Å²) >= 11 is 0. The van der Waals surface area contributed by atoms with Gasteiger partial charge in [-0.15, -0.1) is 0 Å². The number of carbonyl (C=O) groups is 2. The summed E-state index contributed by atoms with van der Waals surface area (Å²) in [5.41, 5.74) is 3.26. The van der Waals surface area contributed by atoms with Crippen molar-refractivity contribution in [2.75, 3.05) is 13.1 Å². The number of nitrogens with one attached hydrogen (secondary N) is 1. The lowest BCUT2D eigenvalue weighted by molar-refractivity contribution is -0.142. The van der Waals surface area contributed by atoms with Crippen molar-refractivity contribution in [3.8, 4) is 0 Å². The van der Waals surface area contributed by atoms with Crippen LogP contribution < -0.4 is 5.48 Å². The molecule has 1 aliphatic rings. The van der Waals surface area contributed by atoms with Crippen LogP contribution in [0, 0.1) is 0 Å². The Morgan fingerprint density at radius 1 is 1.16 bits per heavy atom. The minimum Gasteiger partial charge on any atom is -0.340 e. The first-order valence-electron chi connectivity index (χ1n) is 10.7. The third-order valence-corrected chi connectivity index (χ3v) is 6.10. The maximum absolute atomic E-state index is 14.0. The maximum atomic E-state index is 14.0. The first-order chi connectivity index (χ1) is 15.3. The van der Waals surface area contributed by atoms with Gasteiger partial charge in [-0.05, 0) is 68.0 Å². The van der Waals surface area contributed by atoms with E-state index in [1.54, 1.807) is 22.5 Å². The van der Waals surface area contributed by atoms with Crippen LogP contribution in [0.3, 0.4) is 0 Å². The fourth-order valence-corrected chi connectivity index (χ4v) is 4.39. The van der Waals surface area contributed by atoms with Crippen LogP contribution >= 0.6 is 0 Å². The van der Waals surface area contributed by atoms with E-state index in [1.807, 2.05) is 30.6 Å². The van der Waals surface area contributed by atoms with Gasteiger partial charge in [-0.2, -0.15) is 0 Å². The second kappa shape index (κ2) is 8.70. The van der Waals surface area contributed by atoms with Crippen LogP contribution in [-0.4, -0.2) is 50.2 Å². The van der Waals surface area contributed by atoms with Gasteiger partial charge in [0.25, 0.3) is 11.8 Å². The molecule has 2 amide bonds. The van der Waals surface area contributed by atoms with Crippen molar-refractivity contribution in [1.29, 1.82) is 0 Å². The number of benzene rings is 1. The highest BCUT2D eigenvalue weighted by atomic mass is 19.1. The van der Waals surface area contributed by atoms with Gasteiger partial charge >= 0.3 is 0 Å². The van der Waals surface area contributed by atoms with Crippen LogP contribution in [0.25, 0.3) is 11.0 Å². The van der Waals surface area contributed by atoms with Crippen molar-refractivity contribution in [2.45, 2.75) is 44.8 Å². The number of carbonyl (C=O) groups excluding carboxylic acids is 2. The molecule has 0 spiro atoms. The van der Waals surface area contributed by atoms with Crippen LogP contribution in [0.4, 0.5) is 4.39 Å². The summed E-state index contributed by atoms with van der Waals surface area (Å²) in [7, 11) is 0. The van der Waals surface area contributed by atoms with Gasteiger partial charge in [-0.3, -0.25) is 14.8 Å². The number of hydrogen-bond acceptors (Lipinski definition) is 4. The summed E-state index contributed by atoms with van der Waals surface area (Å²) < 4.78 is 16.1. The predicted octanol–water partition coefficient (Wildman–Crippen LogP) is 3.66. The highest BCUT2D eigenvalue weighted by molar-refractivity contribution is 5.93. The minimum atomic E-state index is -1.84. The Labute approximate surface area is 185 Å². The summed E-state index contributed by atoms with van der Waals surface area (Å²) in [5, 5.41) is 9.83. The molecular formula is C24H27FN4O3. The summed E-state index contributed by atoms with van der Waals surface area (Å²) in [5.74, 6) is -0.694. The molecular weight excluding hydrogens is 411 g/mol. The van der Waals surface area contributed by atoms with E-state index in [-0.39, 0.29) is 0 Å². The molecule has 0 unspecified atom stereocenters. The summed E-state index contributed by atoms with van der Waals surface area (Å²) in [6.07, 6.45) is 5.39. The Morgan fingerprint density at radius 3 is 2.47 bits per heavy atom. The topological polar surface area (TPSA) is 87.5 Å². The number of hydrogen-bond donors (Lipinski definition) is 2. The average Bonchev–Trinajstić information content (AvgIpc) is 3.21. The molecule has 4 rings (SSSR count). The molecule has 1 saturated heterocycles. The Balaban J connectivity index is 1.50. The van der Waals surface area contributed by atoms with Crippen molar-refractivity contribution in [3.63, 3.8) is 0 Å². The van der Waals surface area contributed by atoms with E-state index in [0.29, 0.717) is 31.1 Å². The number of fused-ring (bicyclic) bond motifs is 1. The number of alkyl halides is 1. The van der Waals surface area contributed by atoms with Gasteiger partial charge in [0.2, 0.25) is 0 Å². The molecule has 1 fully saturated rings. The van der Waals surface area contributed by atoms with Gasteiger partial charge < -0.3 is 9.47 Å². The Hall–Kier alpha value is -3.26. The Bertz CT molecular complexity index is 1130. The summed E-state index contributed by atoms with van der Waals surface area (Å²) in [6.45, 7) is 4.32. The molecule has 0 saturated carbocycles. The average molecular weight is 439 g/mol. The lowest BCUT2D eigenvalue weighted by Gasteiger charge is -2.34. The number of hydroxylamine groups is 1. The van der Waals surface area contributed by atoms with Crippen LogP contribution in [-0.2, 0) is 11.3 Å². The monoisotopic (exact) mass is 438 g/mol. The van der Waals surface area contributed by atoms with Crippen molar-refractivity contribution < 1.29 is 19.2 Å². The molecule has 3 heterocycles. The van der Waals surface area contributed by atoms with E-state index in [0.717, 1.165) is 29.4 Å². The predicted molar refractivity (Wildman–Crippen MR) is 118 cm³/mol. The van der Waals surface area contributed by atoms with E-state index < -0.39 is 17.5 Å². The van der Waals surface area contributed by atoms with Crippen molar-refractivity contribution in [3.05, 3.63) is 65.5 Å². The third-order valence-electron chi connectivity index (χ3n) is 6.10. The molecule has 168 valence electrons. The molecule has 32 heavy (non-hydrogen) atoms. The van der Waals surface area contributed by atoms with Gasteiger partial charge in [-0.1, -0.05) is 12.1 Å². The molecule has 7 nitrogen and oxygen atoms in total. The van der Waals surface area contributed by atoms with Crippen molar-refractivity contribution in [2.24, 2.45) is 0 Å². The minimum absolute atomic E-state index is 0.291. The SMILES string of the molecule is CC(C)(F)C(=O)N1CCC(c2ccnc3c2ccn3Cc2ccc(C(=O)NO)cc2)CC1. The summed E-state index contributed by atoms with van der Waals surface area (Å²) in [6, 6.07) is 11.1. The van der Waals surface area contributed by atoms with Crippen LogP contribution in [0.2, 0.25) is 0 Å². The summed E-state index contributed by atoms with van der Waals surface area (Å²) in [4.78, 5) is 29.9. The number of aromatic nitrogens is 2. The van der Waals surface area contributed by atoms with Gasteiger partial charge in [0.15, 0.2) is 5.67 Å². The maximum Gasteiger partial charge on any atom is 0.274 e. The molecule has 0 atom stereocenters. The number of amides is 2. The van der Waals surface area contributed by atoms with Gasteiger partial charge in [0.05, 0.1) is 0 Å². The highest BCUT2D eigenvalue weighted by Crippen LogP contribution is 2.33. The molecule has 3 aromatic rings. The Morgan fingerprint density at radius 2 is 1.84 bits per heavy atom. The first kappa shape index (κ1) is 22.0. The highest BCUT2D eigenvalue weighted by Gasteiger charge is 2.34. The molecule has 0 bridgehead atoms. The second-order valence-corrected chi connectivity index (χ2v) is 8.76. The first-order valence-corrected chi connectivity index (χ1v) is 10.7. The lowest BCUT2D eigenvalue weighted by atomic mass is 9.88. The molecule has 8 heteroatoms. The fourth-order valence-electron chi connectivity index (χ4n) is 4.39. The van der Waals surface area contributed by atoms with Crippen molar-refractivity contribution >= 4 is 22.8 Å². The molecule has 0 radical (unpaired) electrons. The smallest absolute Gasteiger partial charge is 0.274 e. The number of rotatable bonds is 5. The quantitative estimate of drug-likeness (QED) is 0.470. The number of halogens is 1. The van der Waals surface area contributed by atoms with Crippen molar-refractivity contribution in [1.82, 2.24) is 19.9 Å². The van der Waals surface area contributed by atoms with E-state index >= 15 is 0 Å². The number of piperidine rings is 1. The van der Waals surface area contributed by atoms with E-state index in [1.165, 1.54) is 19.4 Å². The molecule has 2 N–H and O–H groups in total. The zero-order valence-corrected chi connectivity index (χ0v) is 18.2. The van der Waals surface area contributed by atoms with Gasteiger partial charge in [0.1, 0.15) is 5.65 Å². The second-order valence-electron chi connectivity index (χ2n) is 8.76. The standard InChI is InChI=1S/C24H27FN4O3/c1-24(2,25)23(31)28-12-8-17(9-13-28)19-7-11-26-21-20(19)10-14-29(21)15-16-3-5-18(6-4-16)22(30)27-32/h3-7,10-11,14,17,32H,8-9,12-13,15H2,1-2H3,(H,27,30). The van der Waals surface area contributed by atoms with E-state index in [4.69, 9.17) is 5.21 Å². The number of likely N-dealkylation sites (tertiary alicyclic amines) is 1. The largest absolute Gasteiger partial charge is 0.340 e. The van der Waals surface area contributed by atoms with Crippen LogP contribution in [0.15, 0.2) is 48.8 Å². The normalized spacial score (nSPS) is 15.2. The molecule has 1 aromatic carbocycles. The van der Waals surface area contributed by atoms with Crippen LogP contribution in [0.1, 0.15) is 54.1 Å². The van der Waals surface area contributed by atoms with Crippen LogP contribution in [0.5, 0.6) is 0 Å². The Kier molecular flexibility index (Phi) is 5.97.